The third kappa shape index (κ3) is 5.30. The van der Waals surface area contributed by atoms with E-state index in [0.717, 1.165) is 44.0 Å². The maximum Gasteiger partial charge on any atom is 0.220 e. The van der Waals surface area contributed by atoms with Crippen molar-refractivity contribution in [3.8, 4) is 0 Å². The summed E-state index contributed by atoms with van der Waals surface area (Å²) in [6, 6.07) is 12.5. The molecule has 0 saturated carbocycles. The number of carbonyl (C=O) groups excluding carboxylic acids is 1. The Balaban J connectivity index is 1.42. The molecule has 5 heteroatoms. The average Bonchev–Trinajstić information content (AvgIpc) is 2.67. The highest BCUT2D eigenvalue weighted by molar-refractivity contribution is 5.76. The summed E-state index contributed by atoms with van der Waals surface area (Å²) in [4.78, 5) is 21.3. The first-order valence-electron chi connectivity index (χ1n) is 9.31. The van der Waals surface area contributed by atoms with Crippen molar-refractivity contribution in [3.05, 3.63) is 59.3 Å². The van der Waals surface area contributed by atoms with Crippen LogP contribution in [-0.4, -0.2) is 49.0 Å². The minimum atomic E-state index is 0.0775. The first kappa shape index (κ1) is 18.4. The summed E-state index contributed by atoms with van der Waals surface area (Å²) in [5.74, 6) is 1.10. The molecule has 1 fully saturated rings. The van der Waals surface area contributed by atoms with Crippen LogP contribution in [0.2, 0.25) is 0 Å². The van der Waals surface area contributed by atoms with Gasteiger partial charge in [0.05, 0.1) is 0 Å². The summed E-state index contributed by atoms with van der Waals surface area (Å²) < 4.78 is 0. The summed E-state index contributed by atoms with van der Waals surface area (Å²) in [7, 11) is 2.15. The van der Waals surface area contributed by atoms with Crippen molar-refractivity contribution >= 4 is 11.7 Å². The van der Waals surface area contributed by atoms with E-state index in [1.807, 2.05) is 6.20 Å². The van der Waals surface area contributed by atoms with Crippen LogP contribution in [0.4, 0.5) is 5.82 Å². The van der Waals surface area contributed by atoms with E-state index < -0.39 is 0 Å². The lowest BCUT2D eigenvalue weighted by Gasteiger charge is -2.33. The van der Waals surface area contributed by atoms with Gasteiger partial charge in [0.1, 0.15) is 5.82 Å². The minimum absolute atomic E-state index is 0.0775. The zero-order chi connectivity index (χ0) is 18.4. The van der Waals surface area contributed by atoms with Gasteiger partial charge in [0.25, 0.3) is 0 Å². The van der Waals surface area contributed by atoms with Crippen LogP contribution < -0.4 is 10.2 Å². The van der Waals surface area contributed by atoms with Crippen molar-refractivity contribution in [2.75, 3.05) is 38.1 Å². The lowest BCUT2D eigenvalue weighted by Crippen LogP contribution is -2.44. The zero-order valence-electron chi connectivity index (χ0n) is 15.7. The minimum Gasteiger partial charge on any atom is -0.354 e. The number of aryl methyl sites for hydroxylation is 2. The monoisotopic (exact) mass is 352 g/mol. The van der Waals surface area contributed by atoms with Crippen molar-refractivity contribution in [2.24, 2.45) is 0 Å². The number of rotatable bonds is 6. The van der Waals surface area contributed by atoms with Gasteiger partial charge < -0.3 is 15.1 Å². The molecule has 1 N–H and O–H groups in total. The number of nitrogens with one attached hydrogen (secondary N) is 1. The lowest BCUT2D eigenvalue weighted by atomic mass is 10.1. The molecular weight excluding hydrogens is 324 g/mol. The summed E-state index contributed by atoms with van der Waals surface area (Å²) in [6.07, 6.45) is 3.15. The first-order chi connectivity index (χ1) is 12.6. The second kappa shape index (κ2) is 8.81. The third-order valence-corrected chi connectivity index (χ3v) is 4.89. The highest BCUT2D eigenvalue weighted by Gasteiger charge is 2.14. The van der Waals surface area contributed by atoms with Gasteiger partial charge >= 0.3 is 0 Å². The van der Waals surface area contributed by atoms with E-state index >= 15 is 0 Å². The third-order valence-electron chi connectivity index (χ3n) is 4.89. The van der Waals surface area contributed by atoms with E-state index in [1.165, 1.54) is 11.1 Å². The Morgan fingerprint density at radius 2 is 1.73 bits per heavy atom. The summed E-state index contributed by atoms with van der Waals surface area (Å²) in [5, 5.41) is 2.99. The van der Waals surface area contributed by atoms with Gasteiger partial charge in [-0.2, -0.15) is 0 Å². The quantitative estimate of drug-likeness (QED) is 0.867. The second-order valence-electron chi connectivity index (χ2n) is 7.08. The van der Waals surface area contributed by atoms with Gasteiger partial charge in [-0.1, -0.05) is 35.9 Å². The van der Waals surface area contributed by atoms with Gasteiger partial charge in [0, 0.05) is 45.3 Å². The number of carbonyl (C=O) groups is 1. The number of aromatic nitrogens is 1. The normalized spacial score (nSPS) is 15.1. The smallest absolute Gasteiger partial charge is 0.220 e. The summed E-state index contributed by atoms with van der Waals surface area (Å²) in [6.45, 7) is 6.76. The molecule has 5 nitrogen and oxygen atoms in total. The molecular formula is C21H28N4O. The van der Waals surface area contributed by atoms with Crippen LogP contribution in [0.15, 0.2) is 42.6 Å². The van der Waals surface area contributed by atoms with Gasteiger partial charge in [-0.05, 0) is 37.6 Å². The highest BCUT2D eigenvalue weighted by Crippen LogP contribution is 2.13. The number of pyridine rings is 1. The lowest BCUT2D eigenvalue weighted by molar-refractivity contribution is -0.121. The van der Waals surface area contributed by atoms with E-state index in [1.54, 1.807) is 0 Å². The Bertz CT molecular complexity index is 704. The van der Waals surface area contributed by atoms with E-state index in [2.05, 4.69) is 70.5 Å². The molecule has 0 spiro atoms. The Morgan fingerprint density at radius 1 is 1.04 bits per heavy atom. The maximum absolute atomic E-state index is 12.1. The number of likely N-dealkylation sites (N-methyl/N-ethyl adjacent to an activating group) is 1. The SMILES string of the molecule is Cc1ccc(CCC(=O)NCc2ccc(N3CCN(C)CC3)nc2)cc1. The molecule has 26 heavy (non-hydrogen) atoms. The van der Waals surface area contributed by atoms with Crippen molar-refractivity contribution < 1.29 is 4.79 Å². The number of anilines is 1. The number of nitrogens with zero attached hydrogens (tertiary/aromatic N) is 3. The van der Waals surface area contributed by atoms with Gasteiger partial charge in [0.15, 0.2) is 0 Å². The molecule has 1 aromatic carbocycles. The molecule has 0 radical (unpaired) electrons. The molecule has 0 unspecified atom stereocenters. The number of benzene rings is 1. The van der Waals surface area contributed by atoms with Crippen LogP contribution in [-0.2, 0) is 17.8 Å². The number of piperazine rings is 1. The van der Waals surface area contributed by atoms with Gasteiger partial charge in [-0.25, -0.2) is 4.98 Å². The van der Waals surface area contributed by atoms with Gasteiger partial charge in [-0.3, -0.25) is 4.79 Å². The van der Waals surface area contributed by atoms with Crippen molar-refractivity contribution in [1.29, 1.82) is 0 Å². The molecule has 0 atom stereocenters. The van der Waals surface area contributed by atoms with Crippen LogP contribution in [0.25, 0.3) is 0 Å². The molecule has 0 aliphatic carbocycles. The Labute approximate surface area is 156 Å². The fraction of sp³-hybridized carbons (Fsp3) is 0.429. The van der Waals surface area contributed by atoms with E-state index in [-0.39, 0.29) is 5.91 Å². The Kier molecular flexibility index (Phi) is 6.23. The number of amides is 1. The van der Waals surface area contributed by atoms with E-state index in [0.29, 0.717) is 13.0 Å². The van der Waals surface area contributed by atoms with Crippen molar-refractivity contribution in [3.63, 3.8) is 0 Å². The van der Waals surface area contributed by atoms with Crippen molar-refractivity contribution in [2.45, 2.75) is 26.3 Å². The standard InChI is InChI=1S/C21H28N4O/c1-17-3-5-18(6-4-17)8-10-21(26)23-16-19-7-9-20(22-15-19)25-13-11-24(2)12-14-25/h3-7,9,15H,8,10-14,16H2,1-2H3,(H,23,26). The maximum atomic E-state index is 12.1. The Hall–Kier alpha value is -2.40. The van der Waals surface area contributed by atoms with Crippen LogP contribution in [0.1, 0.15) is 23.1 Å². The molecule has 1 aromatic heterocycles. The predicted molar refractivity (Wildman–Crippen MR) is 105 cm³/mol. The Morgan fingerprint density at radius 3 is 2.38 bits per heavy atom. The van der Waals surface area contributed by atoms with Crippen LogP contribution in [0, 0.1) is 6.92 Å². The molecule has 1 aliphatic heterocycles. The van der Waals surface area contributed by atoms with Crippen LogP contribution in [0.5, 0.6) is 0 Å². The van der Waals surface area contributed by atoms with E-state index in [4.69, 9.17) is 0 Å². The van der Waals surface area contributed by atoms with E-state index in [9.17, 15) is 4.79 Å². The first-order valence-corrected chi connectivity index (χ1v) is 9.31. The largest absolute Gasteiger partial charge is 0.354 e. The fourth-order valence-electron chi connectivity index (χ4n) is 3.05. The molecule has 1 saturated heterocycles. The van der Waals surface area contributed by atoms with Crippen molar-refractivity contribution in [1.82, 2.24) is 15.2 Å². The van der Waals surface area contributed by atoms with Gasteiger partial charge in [0.2, 0.25) is 5.91 Å². The van der Waals surface area contributed by atoms with Gasteiger partial charge in [-0.15, -0.1) is 0 Å². The fourth-order valence-corrected chi connectivity index (χ4v) is 3.05. The molecule has 138 valence electrons. The summed E-state index contributed by atoms with van der Waals surface area (Å²) >= 11 is 0. The molecule has 2 aromatic rings. The predicted octanol–water partition coefficient (Wildman–Crippen LogP) is 2.39. The van der Waals surface area contributed by atoms with Crippen LogP contribution in [0.3, 0.4) is 0 Å². The van der Waals surface area contributed by atoms with Crippen LogP contribution >= 0.6 is 0 Å². The molecule has 1 aliphatic rings. The number of hydrogen-bond acceptors (Lipinski definition) is 4. The second-order valence-corrected chi connectivity index (χ2v) is 7.08. The molecule has 2 heterocycles. The topological polar surface area (TPSA) is 48.5 Å². The molecule has 3 rings (SSSR count). The molecule has 0 bridgehead atoms. The average molecular weight is 352 g/mol. The highest BCUT2D eigenvalue weighted by atomic mass is 16.1. The zero-order valence-corrected chi connectivity index (χ0v) is 15.7. The molecule has 1 amide bonds. The number of hydrogen-bond donors (Lipinski definition) is 1. The summed E-state index contributed by atoms with van der Waals surface area (Å²) in [5.41, 5.74) is 3.47.